The Balaban J connectivity index is 2.11. The van der Waals surface area contributed by atoms with Gasteiger partial charge in [0, 0.05) is 28.1 Å². The first-order valence-corrected chi connectivity index (χ1v) is 10.3. The number of phenolic OH excluding ortho intramolecular Hbond substituents is 1. The number of aromatic hydroxyl groups is 1. The highest BCUT2D eigenvalue weighted by molar-refractivity contribution is 6.31. The van der Waals surface area contributed by atoms with Crippen molar-refractivity contribution in [1.29, 1.82) is 0 Å². The van der Waals surface area contributed by atoms with Gasteiger partial charge < -0.3 is 9.84 Å². The van der Waals surface area contributed by atoms with E-state index in [1.807, 2.05) is 18.2 Å². The van der Waals surface area contributed by atoms with Crippen molar-refractivity contribution in [3.63, 3.8) is 0 Å². The molecule has 31 heavy (non-hydrogen) atoms. The Labute approximate surface area is 186 Å². The molecule has 0 aliphatic carbocycles. The molecule has 0 spiro atoms. The van der Waals surface area contributed by atoms with Crippen LogP contribution in [0.4, 0.5) is 0 Å². The quantitative estimate of drug-likeness (QED) is 0.393. The van der Waals surface area contributed by atoms with Gasteiger partial charge in [-0.05, 0) is 47.2 Å². The van der Waals surface area contributed by atoms with Crippen LogP contribution in [0.2, 0.25) is 5.02 Å². The second kappa shape index (κ2) is 8.94. The summed E-state index contributed by atoms with van der Waals surface area (Å²) in [5, 5.41) is 22.4. The van der Waals surface area contributed by atoms with Crippen molar-refractivity contribution in [1.82, 2.24) is 15.4 Å². The number of halogens is 1. The number of aromatic nitrogens is 3. The van der Waals surface area contributed by atoms with E-state index in [4.69, 9.17) is 16.3 Å². The zero-order chi connectivity index (χ0) is 22.8. The van der Waals surface area contributed by atoms with E-state index in [0.717, 1.165) is 16.7 Å². The highest BCUT2D eigenvalue weighted by Gasteiger charge is 2.22. The summed E-state index contributed by atoms with van der Waals surface area (Å²) in [4.78, 5) is 11.7. The van der Waals surface area contributed by atoms with Crippen LogP contribution < -0.4 is 0 Å². The molecule has 2 aromatic carbocycles. The summed E-state index contributed by atoms with van der Waals surface area (Å²) in [6.45, 7) is 11.7. The molecule has 3 aromatic rings. The van der Waals surface area contributed by atoms with Crippen LogP contribution in [0, 0.1) is 0 Å². The van der Waals surface area contributed by atoms with Crippen LogP contribution in [-0.4, -0.2) is 33.1 Å². The minimum atomic E-state index is -0.447. The number of hydrogen-bond donors (Lipinski definition) is 2. The molecule has 0 aliphatic rings. The summed E-state index contributed by atoms with van der Waals surface area (Å²) >= 11 is 6.24. The van der Waals surface area contributed by atoms with Gasteiger partial charge in [0.1, 0.15) is 11.4 Å². The minimum absolute atomic E-state index is 0.131. The van der Waals surface area contributed by atoms with Crippen LogP contribution in [0.5, 0.6) is 5.75 Å². The van der Waals surface area contributed by atoms with E-state index in [1.54, 1.807) is 25.3 Å². The molecular weight excluding hydrogens is 414 g/mol. The van der Waals surface area contributed by atoms with Crippen molar-refractivity contribution < 1.29 is 14.6 Å². The number of hydrogen-bond acceptors (Lipinski definition) is 5. The molecule has 0 unspecified atom stereocenters. The molecule has 162 valence electrons. The Bertz CT molecular complexity index is 1120. The number of rotatable bonds is 6. The van der Waals surface area contributed by atoms with Crippen LogP contribution in [0.1, 0.15) is 38.8 Å². The first-order valence-electron chi connectivity index (χ1n) is 9.93. The largest absolute Gasteiger partial charge is 0.507 e. The van der Waals surface area contributed by atoms with Gasteiger partial charge in [-0.25, -0.2) is 4.79 Å². The maximum absolute atomic E-state index is 11.7. The van der Waals surface area contributed by atoms with Crippen molar-refractivity contribution in [3.05, 3.63) is 64.8 Å². The average Bonchev–Trinajstić information content (AvgIpc) is 3.23. The summed E-state index contributed by atoms with van der Waals surface area (Å²) in [6.07, 6.45) is 1.98. The Morgan fingerprint density at radius 1 is 1.19 bits per heavy atom. The number of aromatic amines is 1. The first-order chi connectivity index (χ1) is 14.6. The number of carbonyl (C=O) groups excluding carboxylic acids is 1. The maximum atomic E-state index is 11.7. The van der Waals surface area contributed by atoms with E-state index in [0.29, 0.717) is 33.8 Å². The monoisotopic (exact) mass is 439 g/mol. The smallest absolute Gasteiger partial charge is 0.333 e. The minimum Gasteiger partial charge on any atom is -0.507 e. The SMILES string of the molecule is C=C(C)C(=O)OCCc1cc(C(C)(C)C)cc(-c2ccc(Cl)cc2-c2cn[nH]n2)c1O. The van der Waals surface area contributed by atoms with E-state index < -0.39 is 5.97 Å². The van der Waals surface area contributed by atoms with E-state index >= 15 is 0 Å². The molecule has 0 saturated heterocycles. The molecule has 0 fully saturated rings. The molecule has 1 aromatic heterocycles. The summed E-state index contributed by atoms with van der Waals surface area (Å²) < 4.78 is 5.24. The van der Waals surface area contributed by atoms with Gasteiger partial charge in [0.25, 0.3) is 0 Å². The number of ether oxygens (including phenoxy) is 1. The van der Waals surface area contributed by atoms with Gasteiger partial charge in [-0.1, -0.05) is 51.1 Å². The predicted molar refractivity (Wildman–Crippen MR) is 122 cm³/mol. The molecular formula is C24H26ClN3O3. The third kappa shape index (κ3) is 5.14. The van der Waals surface area contributed by atoms with Crippen LogP contribution in [0.25, 0.3) is 22.4 Å². The fourth-order valence-corrected chi connectivity index (χ4v) is 3.37. The van der Waals surface area contributed by atoms with Crippen LogP contribution in [-0.2, 0) is 21.4 Å². The fourth-order valence-electron chi connectivity index (χ4n) is 3.19. The lowest BCUT2D eigenvalue weighted by Crippen LogP contribution is -2.13. The molecule has 6 nitrogen and oxygen atoms in total. The highest BCUT2D eigenvalue weighted by atomic mass is 35.5. The Hall–Kier alpha value is -3.12. The number of benzene rings is 2. The van der Waals surface area contributed by atoms with Gasteiger partial charge in [0.15, 0.2) is 0 Å². The number of esters is 1. The topological polar surface area (TPSA) is 88.1 Å². The van der Waals surface area contributed by atoms with Crippen LogP contribution in [0.15, 0.2) is 48.7 Å². The standard InChI is InChI=1S/C24H26ClN3O3/c1-14(2)23(30)31-9-8-15-10-16(24(3,4)5)11-20(22(15)29)18-7-6-17(25)12-19(18)21-13-26-28-27-21/h6-7,10-13,29H,1,8-9H2,2-5H3,(H,26,27,28). The predicted octanol–water partition coefficient (Wildman–Crippen LogP) is 5.46. The molecule has 0 saturated carbocycles. The number of phenols is 1. The second-order valence-electron chi connectivity index (χ2n) is 8.49. The van der Waals surface area contributed by atoms with Gasteiger partial charge in [0.2, 0.25) is 0 Å². The third-order valence-electron chi connectivity index (χ3n) is 4.97. The maximum Gasteiger partial charge on any atom is 0.333 e. The van der Waals surface area contributed by atoms with E-state index in [-0.39, 0.29) is 17.8 Å². The van der Waals surface area contributed by atoms with E-state index in [1.165, 1.54) is 0 Å². The van der Waals surface area contributed by atoms with E-state index in [9.17, 15) is 9.90 Å². The molecule has 0 amide bonds. The van der Waals surface area contributed by atoms with Crippen molar-refractivity contribution >= 4 is 17.6 Å². The molecule has 7 heteroatoms. The van der Waals surface area contributed by atoms with Gasteiger partial charge in [-0.15, -0.1) is 0 Å². The molecule has 3 rings (SSSR count). The Morgan fingerprint density at radius 3 is 2.55 bits per heavy atom. The van der Waals surface area contributed by atoms with Crippen molar-refractivity contribution in [2.75, 3.05) is 6.61 Å². The van der Waals surface area contributed by atoms with Gasteiger partial charge in [0.05, 0.1) is 12.8 Å². The highest BCUT2D eigenvalue weighted by Crippen LogP contribution is 2.42. The molecule has 0 atom stereocenters. The lowest BCUT2D eigenvalue weighted by molar-refractivity contribution is -0.138. The van der Waals surface area contributed by atoms with Crippen molar-refractivity contribution in [2.45, 2.75) is 39.5 Å². The van der Waals surface area contributed by atoms with Gasteiger partial charge in [-0.2, -0.15) is 15.4 Å². The summed E-state index contributed by atoms with van der Waals surface area (Å²) in [5.74, 6) is -0.316. The van der Waals surface area contributed by atoms with E-state index in [2.05, 4.69) is 42.8 Å². The van der Waals surface area contributed by atoms with Crippen molar-refractivity contribution in [3.8, 4) is 28.1 Å². The molecule has 1 heterocycles. The zero-order valence-electron chi connectivity index (χ0n) is 18.1. The van der Waals surface area contributed by atoms with Crippen LogP contribution >= 0.6 is 11.6 Å². The second-order valence-corrected chi connectivity index (χ2v) is 8.93. The van der Waals surface area contributed by atoms with Gasteiger partial charge in [-0.3, -0.25) is 0 Å². The number of nitrogens with one attached hydrogen (secondary N) is 1. The lowest BCUT2D eigenvalue weighted by atomic mass is 9.82. The summed E-state index contributed by atoms with van der Waals surface area (Å²) in [5.41, 5.74) is 4.72. The lowest BCUT2D eigenvalue weighted by Gasteiger charge is -2.23. The Morgan fingerprint density at radius 2 is 1.94 bits per heavy atom. The first kappa shape index (κ1) is 22.6. The number of H-pyrrole nitrogens is 1. The average molecular weight is 440 g/mol. The van der Waals surface area contributed by atoms with Gasteiger partial charge >= 0.3 is 5.97 Å². The fraction of sp³-hybridized carbons (Fsp3) is 0.292. The zero-order valence-corrected chi connectivity index (χ0v) is 18.9. The number of nitrogens with zero attached hydrogens (tertiary/aromatic N) is 2. The normalized spacial score (nSPS) is 11.4. The third-order valence-corrected chi connectivity index (χ3v) is 5.21. The Kier molecular flexibility index (Phi) is 6.51. The summed E-state index contributed by atoms with van der Waals surface area (Å²) in [7, 11) is 0. The van der Waals surface area contributed by atoms with Crippen molar-refractivity contribution in [2.24, 2.45) is 0 Å². The van der Waals surface area contributed by atoms with Crippen LogP contribution in [0.3, 0.4) is 0 Å². The molecule has 2 N–H and O–H groups in total. The summed E-state index contributed by atoms with van der Waals surface area (Å²) in [6, 6.07) is 9.37. The molecule has 0 radical (unpaired) electrons. The molecule has 0 aliphatic heterocycles. The molecule has 0 bridgehead atoms. The number of carbonyl (C=O) groups is 1.